The Hall–Kier alpha value is -4.02. The molecule has 6 heterocycles. The van der Waals surface area contributed by atoms with Crippen LogP contribution in [0.2, 0.25) is 0 Å². The van der Waals surface area contributed by atoms with Crippen LogP contribution in [0, 0.1) is 17.8 Å². The monoisotopic (exact) mass is 1010 g/mol. The molecule has 2 aliphatic heterocycles. The second kappa shape index (κ2) is 23.9. The SMILES string of the molecule is Cn1ncc(CC(=O)CC2CCC(CCN3CCc4nc(OCC(C)(F)F)sc4CC3)CC2)n1.Cn1ncc(CC(=O)CC2CCC(F)(CCN3CCc4nc(OCC(F)(F)F)sc4CC3)CC2)n1. The molecule has 22 heteroatoms. The number of aryl methyl sites for hydroxylation is 2. The van der Waals surface area contributed by atoms with E-state index in [1.807, 2.05) is 0 Å². The molecule has 8 rings (SSSR count). The first kappa shape index (κ1) is 52.8. The number of fused-ring (bicyclic) bond motifs is 2. The molecule has 0 atom stereocenters. The summed E-state index contributed by atoms with van der Waals surface area (Å²) < 4.78 is 88.6. The van der Waals surface area contributed by atoms with Gasteiger partial charge >= 0.3 is 6.18 Å². The number of ether oxygens (including phenoxy) is 2. The minimum absolute atomic E-state index is 0.0652. The summed E-state index contributed by atoms with van der Waals surface area (Å²) in [7, 11) is 3.48. The third kappa shape index (κ3) is 17.4. The van der Waals surface area contributed by atoms with Crippen molar-refractivity contribution < 1.29 is 45.4 Å². The zero-order valence-electron chi connectivity index (χ0n) is 40.0. The van der Waals surface area contributed by atoms with E-state index in [4.69, 9.17) is 9.47 Å². The van der Waals surface area contributed by atoms with Crippen molar-refractivity contribution in [2.45, 2.75) is 140 Å². The predicted octanol–water partition coefficient (Wildman–Crippen LogP) is 8.21. The zero-order valence-corrected chi connectivity index (χ0v) is 41.6. The Morgan fingerprint density at radius 2 is 1.14 bits per heavy atom. The van der Waals surface area contributed by atoms with E-state index in [0.29, 0.717) is 94.1 Å². The van der Waals surface area contributed by atoms with Crippen LogP contribution in [-0.2, 0) is 62.2 Å². The Bertz CT molecular complexity index is 2210. The molecular formula is C47H66F6N10O4S2. The number of halogens is 6. The van der Waals surface area contributed by atoms with Crippen LogP contribution in [0.3, 0.4) is 0 Å². The van der Waals surface area contributed by atoms with E-state index in [1.54, 1.807) is 26.5 Å². The Balaban J connectivity index is 0.000000204. The highest BCUT2D eigenvalue weighted by Gasteiger charge is 2.37. The maximum atomic E-state index is 15.5. The lowest BCUT2D eigenvalue weighted by Crippen LogP contribution is -2.36. The Morgan fingerprint density at radius 3 is 1.62 bits per heavy atom. The molecule has 0 radical (unpaired) electrons. The van der Waals surface area contributed by atoms with E-state index in [0.717, 1.165) is 86.7 Å². The molecule has 0 saturated heterocycles. The lowest BCUT2D eigenvalue weighted by Gasteiger charge is -2.35. The molecule has 2 aliphatic carbocycles. The summed E-state index contributed by atoms with van der Waals surface area (Å²) >= 11 is 2.59. The molecule has 2 fully saturated rings. The van der Waals surface area contributed by atoms with Gasteiger partial charge in [-0.2, -0.15) is 43.2 Å². The minimum Gasteiger partial charge on any atom is -0.464 e. The summed E-state index contributed by atoms with van der Waals surface area (Å²) in [4.78, 5) is 43.2. The molecule has 4 aromatic rings. The van der Waals surface area contributed by atoms with Gasteiger partial charge in [0.2, 0.25) is 0 Å². The van der Waals surface area contributed by atoms with Gasteiger partial charge < -0.3 is 19.3 Å². The maximum Gasteiger partial charge on any atom is 0.422 e. The van der Waals surface area contributed by atoms with Crippen LogP contribution in [0.1, 0.15) is 117 Å². The van der Waals surface area contributed by atoms with Gasteiger partial charge in [-0.3, -0.25) is 9.59 Å². The molecule has 382 valence electrons. The Kier molecular flexibility index (Phi) is 18.3. The number of rotatable bonds is 19. The average Bonchev–Trinajstić information content (AvgIpc) is 4.05. The van der Waals surface area contributed by atoms with Gasteiger partial charge in [0.25, 0.3) is 16.3 Å². The smallest absolute Gasteiger partial charge is 0.422 e. The van der Waals surface area contributed by atoms with E-state index >= 15 is 4.39 Å². The lowest BCUT2D eigenvalue weighted by atomic mass is 9.76. The summed E-state index contributed by atoms with van der Waals surface area (Å²) in [6.07, 6.45) is 12.4. The van der Waals surface area contributed by atoms with Gasteiger partial charge in [0.1, 0.15) is 17.2 Å². The largest absolute Gasteiger partial charge is 0.464 e. The summed E-state index contributed by atoms with van der Waals surface area (Å²) in [5.74, 6) is -0.989. The van der Waals surface area contributed by atoms with Gasteiger partial charge in [-0.15, -0.1) is 0 Å². The van der Waals surface area contributed by atoms with Crippen molar-refractivity contribution in [3.05, 3.63) is 44.9 Å². The van der Waals surface area contributed by atoms with Gasteiger partial charge in [0, 0.05) is 89.2 Å². The van der Waals surface area contributed by atoms with Gasteiger partial charge in [-0.1, -0.05) is 35.5 Å². The molecule has 0 spiro atoms. The summed E-state index contributed by atoms with van der Waals surface area (Å²) in [5, 5.41) is 16.8. The number of hydrogen-bond acceptors (Lipinski definition) is 14. The first-order chi connectivity index (χ1) is 32.8. The zero-order chi connectivity index (χ0) is 49.2. The molecule has 0 aromatic carbocycles. The van der Waals surface area contributed by atoms with Crippen molar-refractivity contribution in [2.75, 3.05) is 52.5 Å². The number of nitrogens with zero attached hydrogens (tertiary/aromatic N) is 10. The van der Waals surface area contributed by atoms with Crippen molar-refractivity contribution >= 4 is 34.2 Å². The minimum atomic E-state index is -4.38. The number of carbonyl (C=O) groups is 2. The molecular weight excluding hydrogens is 947 g/mol. The van der Waals surface area contributed by atoms with Crippen molar-refractivity contribution in [1.82, 2.24) is 49.8 Å². The van der Waals surface area contributed by atoms with Gasteiger partial charge in [0.15, 0.2) is 13.2 Å². The predicted molar refractivity (Wildman–Crippen MR) is 249 cm³/mol. The molecule has 4 aliphatic rings. The molecule has 4 aromatic heterocycles. The van der Waals surface area contributed by atoms with E-state index < -0.39 is 31.0 Å². The Morgan fingerprint density at radius 1 is 0.681 bits per heavy atom. The standard InChI is InChI=1S/C24H35F2N5O2S.C23H31F4N5O2S/c1-24(25,26)16-33-23-28-21-8-11-31(12-9-22(21)34-23)10-7-17-3-5-18(6-4-17)13-20(32)14-19-15-27-30(2)29-19;1-31-28-14-17(30-31)13-18(33)12-16-2-6-22(24,7-3-16)8-11-32-9-4-19-20(5-10-32)35-21(29-19)34-15-23(25,26)27/h15,17-18H,3-14,16H2,1-2H3;14,16H,2-13,15H2,1H3. The van der Waals surface area contributed by atoms with E-state index in [1.165, 1.54) is 56.4 Å². The quantitative estimate of drug-likeness (QED) is 0.0835. The fourth-order valence-electron chi connectivity index (χ4n) is 9.90. The van der Waals surface area contributed by atoms with Crippen LogP contribution in [-0.4, -0.2) is 132 Å². The van der Waals surface area contributed by atoms with Crippen LogP contribution in [0.5, 0.6) is 10.4 Å². The second-order valence-electron chi connectivity index (χ2n) is 19.7. The third-order valence-electron chi connectivity index (χ3n) is 13.7. The molecule has 0 N–H and O–H groups in total. The highest BCUT2D eigenvalue weighted by Crippen LogP contribution is 2.40. The van der Waals surface area contributed by atoms with Crippen molar-refractivity contribution in [1.29, 1.82) is 0 Å². The first-order valence-electron chi connectivity index (χ1n) is 24.3. The van der Waals surface area contributed by atoms with Crippen molar-refractivity contribution in [3.8, 4) is 10.4 Å². The number of Topliss-reactive ketones (excluding diaryl/α,β-unsaturated/α-hetero) is 2. The van der Waals surface area contributed by atoms with E-state index in [9.17, 15) is 31.5 Å². The summed E-state index contributed by atoms with van der Waals surface area (Å²) in [5.41, 5.74) is 2.01. The second-order valence-corrected chi connectivity index (χ2v) is 21.7. The molecule has 14 nitrogen and oxygen atoms in total. The number of ketones is 2. The third-order valence-corrected chi connectivity index (χ3v) is 15.9. The highest BCUT2D eigenvalue weighted by atomic mass is 32.1. The first-order valence-corrected chi connectivity index (χ1v) is 26.0. The summed E-state index contributed by atoms with van der Waals surface area (Å²) in [6, 6.07) is 0. The topological polar surface area (TPSA) is 146 Å². The van der Waals surface area contributed by atoms with Crippen LogP contribution < -0.4 is 9.47 Å². The number of hydrogen-bond donors (Lipinski definition) is 0. The Labute approximate surface area is 407 Å². The lowest BCUT2D eigenvalue weighted by molar-refractivity contribution is -0.153. The maximum absolute atomic E-state index is 15.5. The van der Waals surface area contributed by atoms with Crippen LogP contribution >= 0.6 is 22.7 Å². The van der Waals surface area contributed by atoms with Gasteiger partial charge in [-0.25, -0.2) is 23.1 Å². The van der Waals surface area contributed by atoms with Crippen molar-refractivity contribution in [3.63, 3.8) is 0 Å². The normalized spacial score (nSPS) is 22.7. The fourth-order valence-corrected chi connectivity index (χ4v) is 11.8. The number of carbonyl (C=O) groups excluding carboxylic acids is 2. The van der Waals surface area contributed by atoms with E-state index in [-0.39, 0.29) is 29.1 Å². The molecule has 0 bridgehead atoms. The van der Waals surface area contributed by atoms with Gasteiger partial charge in [0.05, 0.1) is 48.0 Å². The van der Waals surface area contributed by atoms with Crippen LogP contribution in [0.15, 0.2) is 12.4 Å². The van der Waals surface area contributed by atoms with Crippen LogP contribution in [0.25, 0.3) is 0 Å². The van der Waals surface area contributed by atoms with Crippen molar-refractivity contribution in [2.24, 2.45) is 31.8 Å². The molecule has 2 saturated carbocycles. The summed E-state index contributed by atoms with van der Waals surface area (Å²) in [6.45, 7) is 3.98. The fraction of sp³-hybridized carbons (Fsp3) is 0.745. The molecule has 69 heavy (non-hydrogen) atoms. The number of thiazole rings is 2. The average molecular weight is 1010 g/mol. The van der Waals surface area contributed by atoms with E-state index in [2.05, 4.69) is 40.2 Å². The molecule has 0 unspecified atom stereocenters. The number of aromatic nitrogens is 8. The van der Waals surface area contributed by atoms with Crippen LogP contribution in [0.4, 0.5) is 26.3 Å². The molecule has 0 amide bonds. The van der Waals surface area contributed by atoms with Gasteiger partial charge in [-0.05, 0) is 88.5 Å². The number of alkyl halides is 6. The highest BCUT2D eigenvalue weighted by molar-refractivity contribution is 7.13.